The third-order valence-corrected chi connectivity index (χ3v) is 3.78. The monoisotopic (exact) mass is 268 g/mol. The van der Waals surface area contributed by atoms with Gasteiger partial charge in [0.2, 0.25) is 0 Å². The average molecular weight is 268 g/mol. The maximum atomic E-state index is 5.20. The van der Waals surface area contributed by atoms with Gasteiger partial charge >= 0.3 is 0 Å². The quantitative estimate of drug-likeness (QED) is 0.724. The van der Waals surface area contributed by atoms with Crippen LogP contribution in [-0.2, 0) is 12.8 Å². The lowest BCUT2D eigenvalue weighted by Gasteiger charge is -2.25. The fraction of sp³-hybridized carbons (Fsp3) is 0.368. The first-order valence-electron chi connectivity index (χ1n) is 7.26. The number of benzene rings is 2. The summed E-state index contributed by atoms with van der Waals surface area (Å²) in [7, 11) is 1.71. The molecule has 0 radical (unpaired) electrons. The Morgan fingerprint density at radius 3 is 2.10 bits per heavy atom. The van der Waals surface area contributed by atoms with Gasteiger partial charge in [-0.05, 0) is 47.9 Å². The van der Waals surface area contributed by atoms with Crippen molar-refractivity contribution >= 4 is 0 Å². The minimum atomic E-state index is 0.310. The van der Waals surface area contributed by atoms with Gasteiger partial charge in [-0.3, -0.25) is 0 Å². The number of rotatable bonds is 6. The standard InChI is InChI=1S/C19H24O/c1-19(2,14-13-16-7-5-4-6-8-16)15-17-9-11-18(20-3)12-10-17/h4-12H,13-15H2,1-3H3. The molecule has 2 rings (SSSR count). The summed E-state index contributed by atoms with van der Waals surface area (Å²) in [5.74, 6) is 0.927. The number of hydrogen-bond donors (Lipinski definition) is 0. The van der Waals surface area contributed by atoms with E-state index < -0.39 is 0 Å². The minimum Gasteiger partial charge on any atom is -0.497 e. The van der Waals surface area contributed by atoms with Crippen molar-refractivity contribution in [3.05, 3.63) is 65.7 Å². The van der Waals surface area contributed by atoms with Gasteiger partial charge in [-0.15, -0.1) is 0 Å². The highest BCUT2D eigenvalue weighted by Crippen LogP contribution is 2.28. The zero-order valence-electron chi connectivity index (χ0n) is 12.7. The summed E-state index contributed by atoms with van der Waals surface area (Å²) in [6, 6.07) is 19.2. The summed E-state index contributed by atoms with van der Waals surface area (Å²) in [6.07, 6.45) is 3.44. The van der Waals surface area contributed by atoms with E-state index in [4.69, 9.17) is 4.74 Å². The molecule has 0 N–H and O–H groups in total. The zero-order valence-corrected chi connectivity index (χ0v) is 12.7. The molecular weight excluding hydrogens is 244 g/mol. The molecule has 2 aromatic rings. The van der Waals surface area contributed by atoms with Gasteiger partial charge in [0.15, 0.2) is 0 Å². The zero-order chi connectivity index (χ0) is 14.4. The average Bonchev–Trinajstić information content (AvgIpc) is 2.47. The smallest absolute Gasteiger partial charge is 0.118 e. The number of hydrogen-bond acceptors (Lipinski definition) is 1. The third-order valence-electron chi connectivity index (χ3n) is 3.78. The molecule has 0 saturated carbocycles. The lowest BCUT2D eigenvalue weighted by Crippen LogP contribution is -2.16. The molecule has 20 heavy (non-hydrogen) atoms. The molecule has 0 fully saturated rings. The van der Waals surface area contributed by atoms with E-state index in [-0.39, 0.29) is 0 Å². The van der Waals surface area contributed by atoms with Crippen molar-refractivity contribution in [1.29, 1.82) is 0 Å². The molecule has 0 heterocycles. The number of ether oxygens (including phenoxy) is 1. The molecule has 0 aliphatic rings. The molecule has 0 aliphatic heterocycles. The van der Waals surface area contributed by atoms with E-state index in [0.717, 1.165) is 18.6 Å². The Labute approximate surface area is 122 Å². The van der Waals surface area contributed by atoms with Crippen LogP contribution in [0, 0.1) is 5.41 Å². The van der Waals surface area contributed by atoms with Gasteiger partial charge in [0.1, 0.15) is 5.75 Å². The van der Waals surface area contributed by atoms with E-state index in [1.165, 1.54) is 17.5 Å². The summed E-state index contributed by atoms with van der Waals surface area (Å²) in [6.45, 7) is 4.69. The molecule has 0 amide bonds. The van der Waals surface area contributed by atoms with Crippen LogP contribution in [0.1, 0.15) is 31.4 Å². The lowest BCUT2D eigenvalue weighted by atomic mass is 9.80. The SMILES string of the molecule is COc1ccc(CC(C)(C)CCc2ccccc2)cc1. The van der Waals surface area contributed by atoms with Crippen LogP contribution >= 0.6 is 0 Å². The van der Waals surface area contributed by atoms with Crippen molar-refractivity contribution in [2.24, 2.45) is 5.41 Å². The second kappa shape index (κ2) is 6.60. The predicted octanol–water partition coefficient (Wildman–Crippen LogP) is 4.90. The van der Waals surface area contributed by atoms with Crippen LogP contribution in [0.2, 0.25) is 0 Å². The highest BCUT2D eigenvalue weighted by molar-refractivity contribution is 5.27. The molecule has 1 heteroatoms. The first kappa shape index (κ1) is 14.6. The van der Waals surface area contributed by atoms with Gasteiger partial charge in [-0.1, -0.05) is 56.3 Å². The Balaban J connectivity index is 1.92. The Morgan fingerprint density at radius 2 is 1.50 bits per heavy atom. The topological polar surface area (TPSA) is 9.23 Å². The van der Waals surface area contributed by atoms with Gasteiger partial charge in [0.25, 0.3) is 0 Å². The van der Waals surface area contributed by atoms with Gasteiger partial charge < -0.3 is 4.74 Å². The molecule has 106 valence electrons. The van der Waals surface area contributed by atoms with E-state index >= 15 is 0 Å². The summed E-state index contributed by atoms with van der Waals surface area (Å²) in [5, 5.41) is 0. The van der Waals surface area contributed by atoms with Crippen molar-refractivity contribution in [2.45, 2.75) is 33.1 Å². The van der Waals surface area contributed by atoms with Crippen molar-refractivity contribution in [3.63, 3.8) is 0 Å². The first-order valence-corrected chi connectivity index (χ1v) is 7.26. The lowest BCUT2D eigenvalue weighted by molar-refractivity contribution is 0.332. The molecule has 1 nitrogen and oxygen atoms in total. The summed E-state index contributed by atoms with van der Waals surface area (Å²) >= 11 is 0. The van der Waals surface area contributed by atoms with Crippen LogP contribution in [0.4, 0.5) is 0 Å². The predicted molar refractivity (Wildman–Crippen MR) is 85.2 cm³/mol. The van der Waals surface area contributed by atoms with Crippen LogP contribution in [-0.4, -0.2) is 7.11 Å². The summed E-state index contributed by atoms with van der Waals surface area (Å²) in [4.78, 5) is 0. The molecular formula is C19H24O. The molecule has 0 unspecified atom stereocenters. The van der Waals surface area contributed by atoms with E-state index in [9.17, 15) is 0 Å². The highest BCUT2D eigenvalue weighted by atomic mass is 16.5. The van der Waals surface area contributed by atoms with Crippen LogP contribution in [0.5, 0.6) is 5.75 Å². The van der Waals surface area contributed by atoms with E-state index in [1.807, 2.05) is 12.1 Å². The Hall–Kier alpha value is -1.76. The van der Waals surface area contributed by atoms with Crippen LogP contribution in [0.15, 0.2) is 54.6 Å². The van der Waals surface area contributed by atoms with Gasteiger partial charge in [0, 0.05) is 0 Å². The molecule has 0 spiro atoms. The minimum absolute atomic E-state index is 0.310. The van der Waals surface area contributed by atoms with Crippen LogP contribution in [0.3, 0.4) is 0 Å². The second-order valence-corrected chi connectivity index (χ2v) is 6.17. The van der Waals surface area contributed by atoms with Crippen LogP contribution < -0.4 is 4.74 Å². The van der Waals surface area contributed by atoms with Crippen molar-refractivity contribution in [1.82, 2.24) is 0 Å². The van der Waals surface area contributed by atoms with Gasteiger partial charge in [-0.25, -0.2) is 0 Å². The number of methoxy groups -OCH3 is 1. The summed E-state index contributed by atoms with van der Waals surface area (Å²) in [5.41, 5.74) is 3.11. The maximum Gasteiger partial charge on any atom is 0.118 e. The molecule has 0 atom stereocenters. The van der Waals surface area contributed by atoms with E-state index in [1.54, 1.807) is 7.11 Å². The normalized spacial score (nSPS) is 11.3. The largest absolute Gasteiger partial charge is 0.497 e. The van der Waals surface area contributed by atoms with Gasteiger partial charge in [0.05, 0.1) is 7.11 Å². The molecule has 2 aromatic carbocycles. The van der Waals surface area contributed by atoms with Crippen molar-refractivity contribution in [3.8, 4) is 5.75 Å². The molecule has 0 aliphatic carbocycles. The Morgan fingerprint density at radius 1 is 0.850 bits per heavy atom. The van der Waals surface area contributed by atoms with Gasteiger partial charge in [-0.2, -0.15) is 0 Å². The number of aryl methyl sites for hydroxylation is 1. The molecule has 0 bridgehead atoms. The van der Waals surface area contributed by atoms with Crippen LogP contribution in [0.25, 0.3) is 0 Å². The highest BCUT2D eigenvalue weighted by Gasteiger charge is 2.18. The Kier molecular flexibility index (Phi) is 4.84. The molecule has 0 aromatic heterocycles. The third kappa shape index (κ3) is 4.41. The fourth-order valence-corrected chi connectivity index (χ4v) is 2.51. The van der Waals surface area contributed by atoms with Crippen molar-refractivity contribution < 1.29 is 4.74 Å². The van der Waals surface area contributed by atoms with Crippen molar-refractivity contribution in [2.75, 3.05) is 7.11 Å². The summed E-state index contributed by atoms with van der Waals surface area (Å²) < 4.78 is 5.20. The fourth-order valence-electron chi connectivity index (χ4n) is 2.51. The van der Waals surface area contributed by atoms with E-state index in [0.29, 0.717) is 5.41 Å². The second-order valence-electron chi connectivity index (χ2n) is 6.17. The Bertz CT molecular complexity index is 511. The van der Waals surface area contributed by atoms with E-state index in [2.05, 4.69) is 56.3 Å². The maximum absolute atomic E-state index is 5.20. The first-order chi connectivity index (χ1) is 9.59. The molecule has 0 saturated heterocycles.